The largest absolute Gasteiger partial charge is 0.469 e. The predicted octanol–water partition coefficient (Wildman–Crippen LogP) is 3.69. The van der Waals surface area contributed by atoms with Gasteiger partial charge < -0.3 is 15.0 Å². The van der Waals surface area contributed by atoms with Crippen LogP contribution in [0.4, 0.5) is 0 Å². The second kappa shape index (κ2) is 14.2. The number of nitrogens with zero attached hydrogens (tertiary/aromatic N) is 1. The zero-order valence-electron chi connectivity index (χ0n) is 14.8. The van der Waals surface area contributed by atoms with Gasteiger partial charge in [0.05, 0.1) is 13.1 Å². The third-order valence-corrected chi connectivity index (χ3v) is 3.07. The normalized spacial score (nSPS) is 16.0. The number of thiocarbonyl (C=S) groups is 2. The maximum absolute atomic E-state index is 10.3. The Labute approximate surface area is 150 Å². The summed E-state index contributed by atoms with van der Waals surface area (Å²) >= 11 is 10.5. The lowest BCUT2D eigenvalue weighted by Crippen LogP contribution is -2.17. The Morgan fingerprint density at radius 3 is 1.68 bits per heavy atom. The van der Waals surface area contributed by atoms with Gasteiger partial charge in [-0.15, -0.1) is 0 Å². The fourth-order valence-electron chi connectivity index (χ4n) is 0.791. The fourth-order valence-corrected chi connectivity index (χ4v) is 1.81. The Morgan fingerprint density at radius 1 is 1.14 bits per heavy atom. The molecule has 0 aliphatic carbocycles. The maximum Gasteiger partial charge on any atom is 0.259 e. The van der Waals surface area contributed by atoms with Crippen LogP contribution in [-0.2, 0) is 9.53 Å². The van der Waals surface area contributed by atoms with Crippen molar-refractivity contribution in [1.82, 2.24) is 10.2 Å². The lowest BCUT2D eigenvalue weighted by molar-refractivity contribution is -0.109. The predicted molar refractivity (Wildman–Crippen MR) is 105 cm³/mol. The molecule has 2 aliphatic heterocycles. The van der Waals surface area contributed by atoms with Crippen molar-refractivity contribution >= 4 is 50.8 Å². The highest BCUT2D eigenvalue weighted by atomic mass is 32.2. The van der Waals surface area contributed by atoms with Crippen LogP contribution in [0, 0.1) is 11.8 Å². The number of hydrogen-bond donors (Lipinski definition) is 1. The summed E-state index contributed by atoms with van der Waals surface area (Å²) in [5, 5.41) is 3.45. The number of ether oxygens (including phenoxy) is 1. The molecule has 2 fully saturated rings. The molecule has 2 rings (SSSR count). The van der Waals surface area contributed by atoms with Crippen molar-refractivity contribution < 1.29 is 9.53 Å². The first-order chi connectivity index (χ1) is 10.1. The van der Waals surface area contributed by atoms with Crippen molar-refractivity contribution in [2.45, 2.75) is 41.5 Å². The summed E-state index contributed by atoms with van der Waals surface area (Å²) in [5.74, 6) is 1.67. The van der Waals surface area contributed by atoms with Crippen molar-refractivity contribution in [2.24, 2.45) is 11.8 Å². The van der Waals surface area contributed by atoms with Crippen LogP contribution in [0.1, 0.15) is 41.5 Å². The van der Waals surface area contributed by atoms with Crippen LogP contribution in [0.3, 0.4) is 0 Å². The molecule has 0 spiro atoms. The quantitative estimate of drug-likeness (QED) is 0.656. The average molecular weight is 367 g/mol. The van der Waals surface area contributed by atoms with E-state index in [2.05, 4.69) is 59.1 Å². The number of hydrogen-bond acceptors (Lipinski definition) is 5. The Morgan fingerprint density at radius 2 is 1.59 bits per heavy atom. The van der Waals surface area contributed by atoms with Gasteiger partial charge in [-0.25, -0.2) is 0 Å². The van der Waals surface area contributed by atoms with E-state index in [-0.39, 0.29) is 5.12 Å². The lowest BCUT2D eigenvalue weighted by atomic mass is 10.3. The summed E-state index contributed by atoms with van der Waals surface area (Å²) < 4.78 is 5.52. The smallest absolute Gasteiger partial charge is 0.259 e. The van der Waals surface area contributed by atoms with E-state index in [1.807, 2.05) is 11.9 Å². The van der Waals surface area contributed by atoms with Crippen LogP contribution in [0.5, 0.6) is 0 Å². The van der Waals surface area contributed by atoms with Gasteiger partial charge >= 0.3 is 0 Å². The second-order valence-electron chi connectivity index (χ2n) is 6.12. The van der Waals surface area contributed by atoms with Gasteiger partial charge in [0.25, 0.3) is 5.17 Å². The van der Waals surface area contributed by atoms with Crippen LogP contribution < -0.4 is 5.32 Å². The summed E-state index contributed by atoms with van der Waals surface area (Å²) in [7, 11) is 1.93. The SMILES string of the molecule is CC(C)C.CC(C)C.CN1CCOC1=S.O=C1CNC(=S)S1. The Balaban J connectivity index is 0. The number of nitrogens with one attached hydrogen (secondary N) is 1. The maximum atomic E-state index is 10.3. The van der Waals surface area contributed by atoms with E-state index in [0.717, 1.165) is 36.7 Å². The minimum Gasteiger partial charge on any atom is -0.469 e. The minimum absolute atomic E-state index is 0.116. The molecule has 0 aromatic rings. The van der Waals surface area contributed by atoms with Crippen molar-refractivity contribution in [3.63, 3.8) is 0 Å². The topological polar surface area (TPSA) is 41.6 Å². The number of thioether (sulfide) groups is 1. The van der Waals surface area contributed by atoms with E-state index in [1.165, 1.54) is 0 Å². The minimum atomic E-state index is 0.116. The Hall–Kier alpha value is -0.400. The molecule has 0 unspecified atom stereocenters. The molecule has 0 aromatic heterocycles. The molecule has 0 atom stereocenters. The molecule has 0 amide bonds. The summed E-state index contributed by atoms with van der Waals surface area (Å²) in [6.45, 7) is 15.1. The highest BCUT2D eigenvalue weighted by Gasteiger charge is 2.13. The van der Waals surface area contributed by atoms with E-state index in [1.54, 1.807) is 0 Å². The summed E-state index contributed by atoms with van der Waals surface area (Å²) in [6.07, 6.45) is 0. The Bertz CT molecular complexity index is 322. The molecule has 130 valence electrons. The van der Waals surface area contributed by atoms with E-state index in [0.29, 0.717) is 16.0 Å². The number of rotatable bonds is 0. The van der Waals surface area contributed by atoms with Gasteiger partial charge in [0.1, 0.15) is 10.9 Å². The number of carbonyl (C=O) groups is 1. The van der Waals surface area contributed by atoms with Crippen molar-refractivity contribution in [3.8, 4) is 0 Å². The first kappa shape index (κ1) is 23.9. The molecule has 7 heteroatoms. The average Bonchev–Trinajstić information content (AvgIpc) is 2.88. The van der Waals surface area contributed by atoms with Crippen molar-refractivity contribution in [1.29, 1.82) is 0 Å². The molecule has 1 N–H and O–H groups in total. The highest BCUT2D eigenvalue weighted by molar-refractivity contribution is 8.33. The molecule has 0 saturated carbocycles. The van der Waals surface area contributed by atoms with Crippen LogP contribution in [0.25, 0.3) is 0 Å². The summed E-state index contributed by atoms with van der Waals surface area (Å²) in [6, 6.07) is 0. The van der Waals surface area contributed by atoms with Gasteiger partial charge in [0, 0.05) is 7.05 Å². The van der Waals surface area contributed by atoms with E-state index >= 15 is 0 Å². The van der Waals surface area contributed by atoms with Crippen LogP contribution in [-0.4, -0.2) is 46.3 Å². The third-order valence-electron chi connectivity index (χ3n) is 1.55. The van der Waals surface area contributed by atoms with Crippen molar-refractivity contribution in [3.05, 3.63) is 0 Å². The van der Waals surface area contributed by atoms with Gasteiger partial charge in [0.2, 0.25) is 5.12 Å². The molecule has 0 aromatic carbocycles. The van der Waals surface area contributed by atoms with Gasteiger partial charge in [-0.05, 0) is 35.8 Å². The van der Waals surface area contributed by atoms with Gasteiger partial charge in [-0.2, -0.15) is 0 Å². The van der Waals surface area contributed by atoms with Crippen LogP contribution >= 0.6 is 36.2 Å². The molecule has 22 heavy (non-hydrogen) atoms. The zero-order valence-corrected chi connectivity index (χ0v) is 17.2. The molecule has 0 bridgehead atoms. The van der Waals surface area contributed by atoms with Gasteiger partial charge in [0.15, 0.2) is 0 Å². The second-order valence-corrected chi connectivity index (χ2v) is 8.20. The molecule has 4 nitrogen and oxygen atoms in total. The van der Waals surface area contributed by atoms with E-state index in [9.17, 15) is 4.79 Å². The summed E-state index contributed by atoms with van der Waals surface area (Å²) in [5.41, 5.74) is 0. The Kier molecular flexibility index (Phi) is 15.4. The number of likely N-dealkylation sites (N-methyl/N-ethyl adjacent to an activating group) is 1. The number of carbonyl (C=O) groups excluding carboxylic acids is 1. The van der Waals surface area contributed by atoms with Crippen LogP contribution in [0.2, 0.25) is 0 Å². The molecule has 0 radical (unpaired) electrons. The van der Waals surface area contributed by atoms with Gasteiger partial charge in [-0.3, -0.25) is 4.79 Å². The molecule has 2 saturated heterocycles. The first-order valence-electron chi connectivity index (χ1n) is 7.42. The molecule has 2 aliphatic rings. The van der Waals surface area contributed by atoms with E-state index in [4.69, 9.17) is 17.0 Å². The lowest BCUT2D eigenvalue weighted by Gasteiger charge is -2.02. The van der Waals surface area contributed by atoms with Crippen LogP contribution in [0.15, 0.2) is 0 Å². The van der Waals surface area contributed by atoms with Crippen molar-refractivity contribution in [2.75, 3.05) is 26.7 Å². The van der Waals surface area contributed by atoms with E-state index < -0.39 is 0 Å². The fraction of sp³-hybridized carbons (Fsp3) is 0.800. The zero-order chi connectivity index (χ0) is 17.7. The molecular weight excluding hydrogens is 336 g/mol. The molecule has 2 heterocycles. The highest BCUT2D eigenvalue weighted by Crippen LogP contribution is 2.08. The standard InChI is InChI=1S/C4H7NOS.2C4H10.C3H3NOS2/c1-5-2-3-6-4(5)7;2*1-4(2)3;5-2-1-4-3(6)7-2/h2-3H2,1H3;2*4H,1-3H3;1H2,(H,4,6). The molecular formula is C15H30N2O2S3. The monoisotopic (exact) mass is 366 g/mol. The first-order valence-corrected chi connectivity index (χ1v) is 9.05. The van der Waals surface area contributed by atoms with Gasteiger partial charge in [-0.1, -0.05) is 53.8 Å². The summed E-state index contributed by atoms with van der Waals surface area (Å²) in [4.78, 5) is 12.2. The third kappa shape index (κ3) is 19.6.